The summed E-state index contributed by atoms with van der Waals surface area (Å²) >= 11 is 11.8. The number of unbranched alkanes of at least 4 members (excludes halogenated alkanes) is 4. The number of rotatable bonds is 22. The molecule has 312 valence electrons. The first kappa shape index (κ1) is 45.8. The number of imide groups is 2. The van der Waals surface area contributed by atoms with Crippen LogP contribution < -0.4 is 0 Å². The standard InChI is InChI=1S/C35H40Cl2N8O11S2/c36-25-9-13-27(14-10-25)57(51,52)21-23(7-3-1-5-17-40-42-38)29-19-31(46)44(33(29)48)55-35(50)56-45-32(47)20-30(34(45)49)24(8-4-2-6-18-41-43-39)22-58(53,54)28-15-11-26(37)12-16-28/h9-16,23-24,29-30H,1-8,17-22H2. The van der Waals surface area contributed by atoms with E-state index in [1.165, 1.54) is 48.5 Å². The molecule has 2 aromatic rings. The first-order valence-electron chi connectivity index (χ1n) is 18.2. The van der Waals surface area contributed by atoms with Crippen LogP contribution in [0.5, 0.6) is 0 Å². The van der Waals surface area contributed by atoms with Crippen molar-refractivity contribution < 1.29 is 50.5 Å². The molecule has 0 N–H and O–H groups in total. The number of carbonyl (C=O) groups excluding carboxylic acids is 5. The van der Waals surface area contributed by atoms with Gasteiger partial charge in [-0.05, 0) is 97.1 Å². The number of sulfone groups is 2. The topological polar surface area (TPSA) is 276 Å². The summed E-state index contributed by atoms with van der Waals surface area (Å²) in [6, 6.07) is 10.8. The van der Waals surface area contributed by atoms with Gasteiger partial charge in [-0.25, -0.2) is 16.8 Å². The summed E-state index contributed by atoms with van der Waals surface area (Å²) in [7, 11) is -8.02. The lowest BCUT2D eigenvalue weighted by Gasteiger charge is -2.23. The molecule has 2 heterocycles. The van der Waals surface area contributed by atoms with E-state index >= 15 is 0 Å². The summed E-state index contributed by atoms with van der Waals surface area (Å²) in [4.78, 5) is 81.2. The summed E-state index contributed by atoms with van der Waals surface area (Å²) in [5.41, 5.74) is 17.0. The second-order valence-electron chi connectivity index (χ2n) is 13.7. The Labute approximate surface area is 343 Å². The number of halogens is 2. The van der Waals surface area contributed by atoms with Crippen LogP contribution in [0, 0.1) is 23.7 Å². The molecular weight excluding hydrogens is 843 g/mol. The first-order chi connectivity index (χ1) is 27.6. The van der Waals surface area contributed by atoms with Crippen LogP contribution in [0.3, 0.4) is 0 Å². The van der Waals surface area contributed by atoms with Crippen LogP contribution in [-0.2, 0) is 48.5 Å². The Morgan fingerprint density at radius 2 is 1.02 bits per heavy atom. The maximum absolute atomic E-state index is 13.6. The molecule has 0 spiro atoms. The van der Waals surface area contributed by atoms with Crippen molar-refractivity contribution in [3.63, 3.8) is 0 Å². The summed E-state index contributed by atoms with van der Waals surface area (Å²) in [6.07, 6.45) is 0.294. The van der Waals surface area contributed by atoms with Crippen LogP contribution in [0.25, 0.3) is 20.9 Å². The molecule has 2 fully saturated rings. The van der Waals surface area contributed by atoms with Crippen molar-refractivity contribution in [3.8, 4) is 0 Å². The smallest absolute Gasteiger partial charge is 0.293 e. The molecule has 58 heavy (non-hydrogen) atoms. The third kappa shape index (κ3) is 12.5. The van der Waals surface area contributed by atoms with Gasteiger partial charge in [-0.15, -0.1) is 0 Å². The van der Waals surface area contributed by atoms with E-state index in [-0.39, 0.29) is 45.8 Å². The third-order valence-electron chi connectivity index (χ3n) is 9.75. The average Bonchev–Trinajstić information content (AvgIpc) is 3.61. The fourth-order valence-electron chi connectivity index (χ4n) is 6.82. The van der Waals surface area contributed by atoms with Crippen LogP contribution in [0.4, 0.5) is 4.79 Å². The van der Waals surface area contributed by atoms with Crippen LogP contribution >= 0.6 is 23.2 Å². The second kappa shape index (κ2) is 21.2. The number of hydrogen-bond donors (Lipinski definition) is 0. The van der Waals surface area contributed by atoms with E-state index in [1.807, 2.05) is 0 Å². The van der Waals surface area contributed by atoms with Crippen LogP contribution in [0.15, 0.2) is 68.6 Å². The maximum atomic E-state index is 13.6. The molecule has 2 aliphatic heterocycles. The predicted octanol–water partition coefficient (Wildman–Crippen LogP) is 6.95. The second-order valence-corrected chi connectivity index (χ2v) is 18.6. The average molecular weight is 884 g/mol. The Balaban J connectivity index is 1.45. The minimum absolute atomic E-state index is 0.0629. The number of amides is 4. The maximum Gasteiger partial charge on any atom is 0.560 e. The zero-order valence-corrected chi connectivity index (χ0v) is 34.1. The first-order valence-corrected chi connectivity index (χ1v) is 22.3. The van der Waals surface area contributed by atoms with Gasteiger partial charge in [-0.2, -0.15) is 4.79 Å². The van der Waals surface area contributed by atoms with Crippen molar-refractivity contribution in [1.82, 2.24) is 10.1 Å². The molecule has 0 saturated carbocycles. The minimum atomic E-state index is -4.01. The fraction of sp³-hybridized carbons (Fsp3) is 0.514. The fourth-order valence-corrected chi connectivity index (χ4v) is 10.5. The highest BCUT2D eigenvalue weighted by molar-refractivity contribution is 7.91. The number of benzene rings is 2. The molecule has 4 atom stereocenters. The van der Waals surface area contributed by atoms with Gasteiger partial charge < -0.3 is 0 Å². The number of hydrogen-bond acceptors (Lipinski definition) is 13. The number of carbonyl (C=O) groups is 5. The van der Waals surface area contributed by atoms with Crippen molar-refractivity contribution in [2.75, 3.05) is 24.6 Å². The molecule has 0 bridgehead atoms. The molecular formula is C35H40Cl2N8O11S2. The lowest BCUT2D eigenvalue weighted by molar-refractivity contribution is -0.199. The van der Waals surface area contributed by atoms with Gasteiger partial charge >= 0.3 is 6.16 Å². The van der Waals surface area contributed by atoms with E-state index in [2.05, 4.69) is 20.1 Å². The normalized spacial score (nSPS) is 18.1. The van der Waals surface area contributed by atoms with Gasteiger partial charge in [0.05, 0.1) is 33.1 Å². The molecule has 4 amide bonds. The van der Waals surface area contributed by atoms with Crippen molar-refractivity contribution >= 4 is 72.7 Å². The summed E-state index contributed by atoms with van der Waals surface area (Å²) in [6.45, 7) is 0.418. The highest BCUT2D eigenvalue weighted by Crippen LogP contribution is 2.35. The molecule has 0 radical (unpaired) electrons. The van der Waals surface area contributed by atoms with E-state index in [0.717, 1.165) is 0 Å². The van der Waals surface area contributed by atoms with Gasteiger partial charge in [0.25, 0.3) is 23.6 Å². The predicted molar refractivity (Wildman–Crippen MR) is 206 cm³/mol. The van der Waals surface area contributed by atoms with E-state index in [4.69, 9.17) is 43.9 Å². The highest BCUT2D eigenvalue weighted by atomic mass is 35.5. The Hall–Kier alpha value is -4.91. The number of azide groups is 2. The summed E-state index contributed by atoms with van der Waals surface area (Å²) in [5.74, 6) is -9.53. The lowest BCUT2D eigenvalue weighted by atomic mass is 9.88. The Morgan fingerprint density at radius 3 is 1.36 bits per heavy atom. The van der Waals surface area contributed by atoms with Gasteiger partial charge in [-0.3, -0.25) is 28.9 Å². The Morgan fingerprint density at radius 1 is 0.655 bits per heavy atom. The van der Waals surface area contributed by atoms with Gasteiger partial charge in [0, 0.05) is 45.8 Å². The molecule has 0 aromatic heterocycles. The van der Waals surface area contributed by atoms with Gasteiger partial charge in [0.1, 0.15) is 0 Å². The van der Waals surface area contributed by atoms with Crippen LogP contribution in [-0.4, -0.2) is 81.3 Å². The minimum Gasteiger partial charge on any atom is -0.293 e. The Bertz CT molecular complexity index is 2010. The molecule has 19 nitrogen and oxygen atoms in total. The number of hydroxylamine groups is 4. The zero-order valence-electron chi connectivity index (χ0n) is 31.0. The highest BCUT2D eigenvalue weighted by Gasteiger charge is 2.49. The molecule has 2 saturated heterocycles. The molecule has 23 heteroatoms. The van der Waals surface area contributed by atoms with Crippen LogP contribution in [0.1, 0.15) is 64.2 Å². The van der Waals surface area contributed by atoms with E-state index < -0.39 is 97.5 Å². The third-order valence-corrected chi connectivity index (χ3v) is 14.0. The van der Waals surface area contributed by atoms with Crippen molar-refractivity contribution in [2.24, 2.45) is 33.9 Å². The van der Waals surface area contributed by atoms with Gasteiger partial charge in [0.2, 0.25) is 0 Å². The molecule has 4 unspecified atom stereocenters. The van der Waals surface area contributed by atoms with Crippen molar-refractivity contribution in [3.05, 3.63) is 79.5 Å². The van der Waals surface area contributed by atoms with E-state index in [1.54, 1.807) is 0 Å². The lowest BCUT2D eigenvalue weighted by Crippen LogP contribution is -2.40. The molecule has 0 aliphatic carbocycles. The van der Waals surface area contributed by atoms with E-state index in [9.17, 15) is 40.8 Å². The molecule has 4 rings (SSSR count). The van der Waals surface area contributed by atoms with Crippen LogP contribution in [0.2, 0.25) is 10.0 Å². The van der Waals surface area contributed by atoms with Gasteiger partial charge in [-0.1, -0.05) is 69.2 Å². The number of nitrogens with zero attached hydrogens (tertiary/aromatic N) is 8. The molecule has 2 aliphatic rings. The summed E-state index contributed by atoms with van der Waals surface area (Å²) < 4.78 is 53.6. The summed E-state index contributed by atoms with van der Waals surface area (Å²) in [5, 5.41) is 7.75. The monoisotopic (exact) mass is 882 g/mol. The molecule has 2 aromatic carbocycles. The Kier molecular flexibility index (Phi) is 16.7. The van der Waals surface area contributed by atoms with E-state index in [0.29, 0.717) is 48.6 Å². The van der Waals surface area contributed by atoms with Crippen molar-refractivity contribution in [1.29, 1.82) is 0 Å². The SMILES string of the molecule is [N-]=[N+]=NCCCCCC(CS(=O)(=O)c1ccc(Cl)cc1)C1CC(=O)N(OC(=O)ON2C(=O)CC(C(CCCCCN=[N+]=[N-])CS(=O)(=O)c3ccc(Cl)cc3)C2=O)C1=O. The van der Waals surface area contributed by atoms with Crippen molar-refractivity contribution in [2.45, 2.75) is 74.0 Å². The zero-order chi connectivity index (χ0) is 42.5. The largest absolute Gasteiger partial charge is 0.560 e. The van der Waals surface area contributed by atoms with Gasteiger partial charge in [0.15, 0.2) is 19.7 Å². The quantitative estimate of drug-likeness (QED) is 0.0383.